The summed E-state index contributed by atoms with van der Waals surface area (Å²) < 4.78 is 6.70. The van der Waals surface area contributed by atoms with E-state index in [4.69, 9.17) is 4.74 Å². The topological polar surface area (TPSA) is 41.9 Å². The van der Waals surface area contributed by atoms with Gasteiger partial charge in [0.2, 0.25) is 0 Å². The average molecular weight is 381 g/mol. The first-order valence-corrected chi connectivity index (χ1v) is 8.81. The number of halogens is 1. The molecule has 22 heavy (non-hydrogen) atoms. The van der Waals surface area contributed by atoms with Gasteiger partial charge in [0, 0.05) is 17.6 Å². The zero-order valence-electron chi connectivity index (χ0n) is 12.5. The summed E-state index contributed by atoms with van der Waals surface area (Å²) in [5.74, 6) is -0.164. The zero-order valence-corrected chi connectivity index (χ0v) is 14.9. The predicted molar refractivity (Wildman–Crippen MR) is 93.7 cm³/mol. The monoisotopic (exact) mass is 380 g/mol. The third kappa shape index (κ3) is 3.45. The van der Waals surface area contributed by atoms with E-state index in [0.29, 0.717) is 4.91 Å². The van der Waals surface area contributed by atoms with Crippen LogP contribution in [-0.4, -0.2) is 41.3 Å². The van der Waals surface area contributed by atoms with Gasteiger partial charge in [0.25, 0.3) is 5.91 Å². The highest BCUT2D eigenvalue weighted by Gasteiger charge is 2.31. The average Bonchev–Trinajstić information content (AvgIpc) is 2.82. The molecule has 1 fully saturated rings. The number of morpholine rings is 1. The summed E-state index contributed by atoms with van der Waals surface area (Å²) in [7, 11) is 0. The molecule has 1 amide bonds. The molecule has 1 aromatic rings. The van der Waals surface area contributed by atoms with Crippen molar-refractivity contribution in [2.24, 2.45) is 4.99 Å². The minimum Gasteiger partial charge on any atom is -0.372 e. The lowest BCUT2D eigenvalue weighted by Gasteiger charge is -2.35. The van der Waals surface area contributed by atoms with Crippen molar-refractivity contribution in [3.8, 4) is 0 Å². The second-order valence-corrected chi connectivity index (χ2v) is 7.36. The second kappa shape index (κ2) is 6.56. The van der Waals surface area contributed by atoms with E-state index in [0.717, 1.165) is 28.3 Å². The summed E-state index contributed by atoms with van der Waals surface area (Å²) in [6, 6.07) is 7.84. The van der Waals surface area contributed by atoms with Crippen LogP contribution in [0.25, 0.3) is 6.08 Å². The van der Waals surface area contributed by atoms with Crippen molar-refractivity contribution in [3.63, 3.8) is 0 Å². The number of hydrogen-bond acceptors (Lipinski definition) is 4. The molecule has 0 aliphatic carbocycles. The van der Waals surface area contributed by atoms with Crippen LogP contribution in [0, 0.1) is 0 Å². The van der Waals surface area contributed by atoms with Crippen molar-refractivity contribution < 1.29 is 9.53 Å². The Bertz CT molecular complexity index is 649. The van der Waals surface area contributed by atoms with Crippen LogP contribution >= 0.6 is 27.7 Å². The van der Waals surface area contributed by atoms with Gasteiger partial charge in [-0.05, 0) is 43.3 Å². The number of amidine groups is 1. The van der Waals surface area contributed by atoms with E-state index >= 15 is 0 Å². The first kappa shape index (κ1) is 15.8. The highest BCUT2D eigenvalue weighted by molar-refractivity contribution is 9.10. The molecule has 1 saturated heterocycles. The SMILES string of the molecule is C[C@@H]1CN(C2=NC(=O)/C(=C/c3ccccc3Br)S2)C[C@H](C)O1. The van der Waals surface area contributed by atoms with Gasteiger partial charge < -0.3 is 9.64 Å². The van der Waals surface area contributed by atoms with E-state index in [2.05, 4.69) is 25.8 Å². The summed E-state index contributed by atoms with van der Waals surface area (Å²) in [6.45, 7) is 5.63. The number of benzene rings is 1. The van der Waals surface area contributed by atoms with Gasteiger partial charge in [-0.2, -0.15) is 4.99 Å². The Labute approximate surface area is 142 Å². The molecule has 0 radical (unpaired) electrons. The van der Waals surface area contributed by atoms with Gasteiger partial charge in [0.05, 0.1) is 17.1 Å². The molecule has 3 rings (SSSR count). The maximum atomic E-state index is 12.2. The molecule has 116 valence electrons. The predicted octanol–water partition coefficient (Wildman–Crippen LogP) is 3.53. The minimum atomic E-state index is -0.164. The van der Waals surface area contributed by atoms with Crippen molar-refractivity contribution in [2.45, 2.75) is 26.1 Å². The van der Waals surface area contributed by atoms with Gasteiger partial charge in [-0.15, -0.1) is 0 Å². The fourth-order valence-electron chi connectivity index (χ4n) is 2.60. The number of hydrogen-bond donors (Lipinski definition) is 0. The highest BCUT2D eigenvalue weighted by Crippen LogP contribution is 2.32. The molecular weight excluding hydrogens is 364 g/mol. The Morgan fingerprint density at radius 3 is 2.68 bits per heavy atom. The molecule has 2 aliphatic heterocycles. The van der Waals surface area contributed by atoms with Gasteiger partial charge in [0.15, 0.2) is 5.17 Å². The minimum absolute atomic E-state index is 0.151. The molecule has 0 N–H and O–H groups in total. The van der Waals surface area contributed by atoms with Crippen LogP contribution < -0.4 is 0 Å². The van der Waals surface area contributed by atoms with E-state index in [9.17, 15) is 4.79 Å². The lowest BCUT2D eigenvalue weighted by molar-refractivity contribution is -0.113. The Balaban J connectivity index is 1.78. The standard InChI is InChI=1S/C16H17BrN2O2S/c1-10-8-19(9-11(2)21-10)16-18-15(20)14(22-16)7-12-5-3-4-6-13(12)17/h3-7,10-11H,8-9H2,1-2H3/b14-7-/t10-,11+. The highest BCUT2D eigenvalue weighted by atomic mass is 79.9. The van der Waals surface area contributed by atoms with E-state index in [1.165, 1.54) is 11.8 Å². The number of rotatable bonds is 1. The number of ether oxygens (including phenoxy) is 1. The molecule has 0 bridgehead atoms. The normalized spacial score (nSPS) is 27.4. The molecule has 1 aromatic carbocycles. The Hall–Kier alpha value is -1.11. The Kier molecular flexibility index (Phi) is 4.70. The maximum Gasteiger partial charge on any atom is 0.286 e. The van der Waals surface area contributed by atoms with Crippen LogP contribution in [0.1, 0.15) is 19.4 Å². The van der Waals surface area contributed by atoms with E-state index in [1.54, 1.807) is 0 Å². The third-order valence-electron chi connectivity index (χ3n) is 3.49. The van der Waals surface area contributed by atoms with Crippen LogP contribution in [-0.2, 0) is 9.53 Å². The molecule has 0 spiro atoms. The summed E-state index contributed by atoms with van der Waals surface area (Å²) in [4.78, 5) is 19.2. The van der Waals surface area contributed by atoms with Crippen LogP contribution in [0.5, 0.6) is 0 Å². The van der Waals surface area contributed by atoms with Crippen LogP contribution in [0.15, 0.2) is 38.6 Å². The molecule has 0 aromatic heterocycles. The van der Waals surface area contributed by atoms with Crippen molar-refractivity contribution in [1.29, 1.82) is 0 Å². The number of carbonyl (C=O) groups is 1. The lowest BCUT2D eigenvalue weighted by atomic mass is 10.2. The first-order chi connectivity index (χ1) is 10.5. The quantitative estimate of drug-likeness (QED) is 0.698. The number of carbonyl (C=O) groups excluding carboxylic acids is 1. The van der Waals surface area contributed by atoms with Gasteiger partial charge in [0.1, 0.15) is 0 Å². The fourth-order valence-corrected chi connectivity index (χ4v) is 3.92. The maximum absolute atomic E-state index is 12.2. The molecule has 2 aliphatic rings. The molecule has 4 nitrogen and oxygen atoms in total. The van der Waals surface area contributed by atoms with Crippen molar-refractivity contribution >= 4 is 44.8 Å². The smallest absolute Gasteiger partial charge is 0.286 e. The van der Waals surface area contributed by atoms with Gasteiger partial charge in [-0.25, -0.2) is 0 Å². The largest absolute Gasteiger partial charge is 0.372 e. The Morgan fingerprint density at radius 1 is 1.32 bits per heavy atom. The Morgan fingerprint density at radius 2 is 2.00 bits per heavy atom. The van der Waals surface area contributed by atoms with Gasteiger partial charge in [-0.1, -0.05) is 34.1 Å². The fraction of sp³-hybridized carbons (Fsp3) is 0.375. The number of nitrogens with zero attached hydrogens (tertiary/aromatic N) is 2. The number of amides is 1. The summed E-state index contributed by atoms with van der Waals surface area (Å²) in [5, 5.41) is 0.783. The molecular formula is C16H17BrN2O2S. The lowest BCUT2D eigenvalue weighted by Crippen LogP contribution is -2.47. The molecule has 0 saturated carbocycles. The van der Waals surface area contributed by atoms with Crippen LogP contribution in [0.2, 0.25) is 0 Å². The number of aliphatic imine (C=N–C) groups is 1. The van der Waals surface area contributed by atoms with E-state index < -0.39 is 0 Å². The van der Waals surface area contributed by atoms with Crippen LogP contribution in [0.3, 0.4) is 0 Å². The molecule has 0 unspecified atom stereocenters. The van der Waals surface area contributed by atoms with E-state index in [-0.39, 0.29) is 18.1 Å². The summed E-state index contributed by atoms with van der Waals surface area (Å²) in [6.07, 6.45) is 2.19. The summed E-state index contributed by atoms with van der Waals surface area (Å²) >= 11 is 4.95. The van der Waals surface area contributed by atoms with Crippen molar-refractivity contribution in [1.82, 2.24) is 4.90 Å². The van der Waals surface area contributed by atoms with E-state index in [1.807, 2.05) is 44.2 Å². The zero-order chi connectivity index (χ0) is 15.7. The van der Waals surface area contributed by atoms with Gasteiger partial charge in [-0.3, -0.25) is 4.79 Å². The summed E-state index contributed by atoms with van der Waals surface area (Å²) in [5.41, 5.74) is 0.985. The van der Waals surface area contributed by atoms with Crippen molar-refractivity contribution in [3.05, 3.63) is 39.2 Å². The first-order valence-electron chi connectivity index (χ1n) is 7.20. The molecule has 6 heteroatoms. The van der Waals surface area contributed by atoms with Crippen molar-refractivity contribution in [2.75, 3.05) is 13.1 Å². The number of thioether (sulfide) groups is 1. The van der Waals surface area contributed by atoms with Gasteiger partial charge >= 0.3 is 0 Å². The molecule has 2 heterocycles. The van der Waals surface area contributed by atoms with Crippen LogP contribution in [0.4, 0.5) is 0 Å². The third-order valence-corrected chi connectivity index (χ3v) is 5.26. The second-order valence-electron chi connectivity index (χ2n) is 5.49. The molecule has 2 atom stereocenters.